The average Bonchev–Trinajstić information content (AvgIpc) is 2.56. The highest BCUT2D eigenvalue weighted by Crippen LogP contribution is 2.41. The van der Waals surface area contributed by atoms with Crippen LogP contribution in [0.2, 0.25) is 0 Å². The van der Waals surface area contributed by atoms with Gasteiger partial charge in [0.25, 0.3) is 0 Å². The molecule has 0 N–H and O–H groups in total. The number of urea groups is 1. The molecule has 2 amide bonds. The molecule has 1 spiro atoms. The van der Waals surface area contributed by atoms with Gasteiger partial charge in [0.15, 0.2) is 0 Å². The highest BCUT2D eigenvalue weighted by atomic mass is 16.2. The zero-order valence-electron chi connectivity index (χ0n) is 13.5. The molecule has 0 aromatic carbocycles. The van der Waals surface area contributed by atoms with Gasteiger partial charge in [-0.25, -0.2) is 14.8 Å². The third-order valence-corrected chi connectivity index (χ3v) is 5.14. The Balaban J connectivity index is 1.55. The van der Waals surface area contributed by atoms with Crippen LogP contribution in [-0.2, 0) is 0 Å². The first-order chi connectivity index (χ1) is 10.6. The zero-order valence-corrected chi connectivity index (χ0v) is 13.5. The summed E-state index contributed by atoms with van der Waals surface area (Å²) in [5.74, 6) is 0.845. The van der Waals surface area contributed by atoms with Crippen molar-refractivity contribution in [1.82, 2.24) is 19.8 Å². The van der Waals surface area contributed by atoms with Crippen molar-refractivity contribution in [3.63, 3.8) is 0 Å². The van der Waals surface area contributed by atoms with Gasteiger partial charge in [0.2, 0.25) is 5.95 Å². The lowest BCUT2D eigenvalue weighted by Gasteiger charge is -2.47. The molecular formula is C16H25N5O. The van der Waals surface area contributed by atoms with Crippen LogP contribution < -0.4 is 4.90 Å². The third kappa shape index (κ3) is 3.00. The predicted octanol–water partition coefficient (Wildman–Crippen LogP) is 1.84. The molecule has 0 aliphatic carbocycles. The predicted molar refractivity (Wildman–Crippen MR) is 85.8 cm³/mol. The molecule has 120 valence electrons. The highest BCUT2D eigenvalue weighted by molar-refractivity contribution is 5.73. The molecule has 0 radical (unpaired) electrons. The summed E-state index contributed by atoms with van der Waals surface area (Å²) in [5, 5.41) is 0. The minimum absolute atomic E-state index is 0.143. The van der Waals surface area contributed by atoms with E-state index in [4.69, 9.17) is 0 Å². The molecule has 0 saturated carbocycles. The van der Waals surface area contributed by atoms with Crippen LogP contribution in [0.4, 0.5) is 10.7 Å². The van der Waals surface area contributed by atoms with Gasteiger partial charge in [-0.1, -0.05) is 0 Å². The molecule has 22 heavy (non-hydrogen) atoms. The number of likely N-dealkylation sites (tertiary alicyclic amines) is 1. The van der Waals surface area contributed by atoms with E-state index in [2.05, 4.69) is 14.9 Å². The van der Waals surface area contributed by atoms with Gasteiger partial charge >= 0.3 is 6.03 Å². The first kappa shape index (κ1) is 15.1. The molecule has 0 bridgehead atoms. The Bertz CT molecular complexity index is 501. The highest BCUT2D eigenvalue weighted by Gasteiger charge is 2.39. The Morgan fingerprint density at radius 1 is 1.05 bits per heavy atom. The molecule has 1 aromatic heterocycles. The average molecular weight is 303 g/mol. The number of carbonyl (C=O) groups excluding carboxylic acids is 1. The molecule has 0 unspecified atom stereocenters. The van der Waals surface area contributed by atoms with Crippen molar-refractivity contribution in [2.45, 2.75) is 25.7 Å². The number of piperidine rings is 2. The van der Waals surface area contributed by atoms with Crippen molar-refractivity contribution in [3.8, 4) is 0 Å². The largest absolute Gasteiger partial charge is 0.341 e. The molecule has 0 atom stereocenters. The summed E-state index contributed by atoms with van der Waals surface area (Å²) < 4.78 is 0. The number of anilines is 1. The maximum absolute atomic E-state index is 12.0. The fraction of sp³-hybridized carbons (Fsp3) is 0.688. The lowest BCUT2D eigenvalue weighted by atomic mass is 9.71. The fourth-order valence-corrected chi connectivity index (χ4v) is 3.59. The lowest BCUT2D eigenvalue weighted by Crippen LogP contribution is -2.50. The number of nitrogens with zero attached hydrogens (tertiary/aromatic N) is 5. The van der Waals surface area contributed by atoms with Gasteiger partial charge in [-0.05, 0) is 37.2 Å². The Labute approximate surface area is 132 Å². The van der Waals surface area contributed by atoms with Gasteiger partial charge in [-0.3, -0.25) is 0 Å². The van der Waals surface area contributed by atoms with Gasteiger partial charge < -0.3 is 14.7 Å². The van der Waals surface area contributed by atoms with Gasteiger partial charge in [0.05, 0.1) is 0 Å². The van der Waals surface area contributed by atoms with Crippen LogP contribution in [0, 0.1) is 5.41 Å². The topological polar surface area (TPSA) is 52.6 Å². The molecule has 3 rings (SSSR count). The summed E-state index contributed by atoms with van der Waals surface area (Å²) in [6.45, 7) is 3.81. The van der Waals surface area contributed by atoms with Crippen LogP contribution in [0.3, 0.4) is 0 Å². The minimum atomic E-state index is 0.143. The van der Waals surface area contributed by atoms with Gasteiger partial charge in [0, 0.05) is 52.7 Å². The van der Waals surface area contributed by atoms with Crippen LogP contribution in [0.25, 0.3) is 0 Å². The number of carbonyl (C=O) groups is 1. The Hall–Kier alpha value is -1.85. The van der Waals surface area contributed by atoms with E-state index < -0.39 is 0 Å². The molecule has 2 aliphatic rings. The fourth-order valence-electron chi connectivity index (χ4n) is 3.59. The maximum Gasteiger partial charge on any atom is 0.319 e. The molecule has 2 fully saturated rings. The van der Waals surface area contributed by atoms with E-state index in [-0.39, 0.29) is 6.03 Å². The van der Waals surface area contributed by atoms with Gasteiger partial charge in [-0.15, -0.1) is 0 Å². The summed E-state index contributed by atoms with van der Waals surface area (Å²) in [6.07, 6.45) is 8.20. The quantitative estimate of drug-likeness (QED) is 0.794. The SMILES string of the molecule is CN(C)C(=O)N1CCC2(CC1)CCN(c1ncccn1)CC2. The number of rotatable bonds is 1. The second kappa shape index (κ2) is 6.10. The van der Waals surface area contributed by atoms with Gasteiger partial charge in [0.1, 0.15) is 0 Å². The first-order valence-electron chi connectivity index (χ1n) is 8.08. The normalized spacial score (nSPS) is 21.0. The summed E-state index contributed by atoms with van der Waals surface area (Å²) in [5.41, 5.74) is 0.411. The minimum Gasteiger partial charge on any atom is -0.341 e. The molecule has 2 aliphatic heterocycles. The van der Waals surface area contributed by atoms with Crippen molar-refractivity contribution in [3.05, 3.63) is 18.5 Å². The number of hydrogen-bond donors (Lipinski definition) is 0. The van der Waals surface area contributed by atoms with E-state index in [0.29, 0.717) is 5.41 Å². The van der Waals surface area contributed by atoms with Gasteiger partial charge in [-0.2, -0.15) is 0 Å². The van der Waals surface area contributed by atoms with Crippen molar-refractivity contribution < 1.29 is 4.79 Å². The van der Waals surface area contributed by atoms with E-state index in [1.165, 1.54) is 12.8 Å². The van der Waals surface area contributed by atoms with E-state index in [0.717, 1.165) is 45.0 Å². The molecule has 3 heterocycles. The Morgan fingerprint density at radius 2 is 1.59 bits per heavy atom. The first-order valence-corrected chi connectivity index (χ1v) is 8.08. The molecule has 1 aromatic rings. The Kier molecular flexibility index (Phi) is 4.18. The Morgan fingerprint density at radius 3 is 2.14 bits per heavy atom. The standard InChI is InChI=1S/C16H25N5O/c1-19(2)15(22)21-12-6-16(7-13-21)4-10-20(11-5-16)14-17-8-3-9-18-14/h3,8-9H,4-7,10-13H2,1-2H3. The molecular weight excluding hydrogens is 278 g/mol. The van der Waals surface area contributed by atoms with E-state index in [1.807, 2.05) is 25.1 Å². The second-order valence-corrected chi connectivity index (χ2v) is 6.70. The van der Waals surface area contributed by atoms with Crippen molar-refractivity contribution in [2.75, 3.05) is 45.2 Å². The van der Waals surface area contributed by atoms with Crippen LogP contribution >= 0.6 is 0 Å². The monoisotopic (exact) mass is 303 g/mol. The molecule has 6 nitrogen and oxygen atoms in total. The number of hydrogen-bond acceptors (Lipinski definition) is 4. The van der Waals surface area contributed by atoms with Crippen LogP contribution in [-0.4, -0.2) is 66.1 Å². The zero-order chi connectivity index (χ0) is 15.6. The van der Waals surface area contributed by atoms with E-state index in [1.54, 1.807) is 17.3 Å². The van der Waals surface area contributed by atoms with Crippen LogP contribution in [0.5, 0.6) is 0 Å². The summed E-state index contributed by atoms with van der Waals surface area (Å²) in [7, 11) is 3.65. The lowest BCUT2D eigenvalue weighted by molar-refractivity contribution is 0.0843. The number of aromatic nitrogens is 2. The smallest absolute Gasteiger partial charge is 0.319 e. The molecule has 2 saturated heterocycles. The van der Waals surface area contributed by atoms with Crippen LogP contribution in [0.1, 0.15) is 25.7 Å². The summed E-state index contributed by atoms with van der Waals surface area (Å²) in [6, 6.07) is 2.00. The van der Waals surface area contributed by atoms with Crippen molar-refractivity contribution in [1.29, 1.82) is 0 Å². The summed E-state index contributed by atoms with van der Waals surface area (Å²) >= 11 is 0. The second-order valence-electron chi connectivity index (χ2n) is 6.70. The third-order valence-electron chi connectivity index (χ3n) is 5.14. The van der Waals surface area contributed by atoms with Crippen LogP contribution in [0.15, 0.2) is 18.5 Å². The number of amides is 2. The van der Waals surface area contributed by atoms with E-state index >= 15 is 0 Å². The summed E-state index contributed by atoms with van der Waals surface area (Å²) in [4.78, 5) is 26.7. The van der Waals surface area contributed by atoms with Crippen molar-refractivity contribution >= 4 is 12.0 Å². The maximum atomic E-state index is 12.0. The molecule has 6 heteroatoms. The van der Waals surface area contributed by atoms with E-state index in [9.17, 15) is 4.79 Å². The van der Waals surface area contributed by atoms with Crippen molar-refractivity contribution in [2.24, 2.45) is 5.41 Å².